The summed E-state index contributed by atoms with van der Waals surface area (Å²) in [4.78, 5) is 2.81. The SMILES string of the molecule is CC(C)(C)c1ccc(C(Cl)CCC2CCCCC2)s1. The van der Waals surface area contributed by atoms with Crippen molar-refractivity contribution >= 4 is 22.9 Å². The monoisotopic (exact) mass is 298 g/mol. The first-order chi connectivity index (χ1) is 8.97. The van der Waals surface area contributed by atoms with Crippen LogP contribution in [0, 0.1) is 5.92 Å². The molecule has 108 valence electrons. The second-order valence-electron chi connectivity index (χ2n) is 7.00. The Morgan fingerprint density at radius 2 is 1.89 bits per heavy atom. The minimum Gasteiger partial charge on any atom is -0.143 e. The summed E-state index contributed by atoms with van der Waals surface area (Å²) in [5.41, 5.74) is 0.253. The normalized spacial score (nSPS) is 19.6. The summed E-state index contributed by atoms with van der Waals surface area (Å²) in [5, 5.41) is 0.225. The van der Waals surface area contributed by atoms with Crippen LogP contribution in [-0.2, 0) is 5.41 Å². The molecule has 1 unspecified atom stereocenters. The molecule has 1 aliphatic rings. The van der Waals surface area contributed by atoms with Gasteiger partial charge in [0, 0.05) is 9.75 Å². The average molecular weight is 299 g/mol. The van der Waals surface area contributed by atoms with Crippen LogP contribution in [0.1, 0.15) is 80.8 Å². The standard InChI is InChI=1S/C17H27ClS/c1-17(2,3)16-12-11-15(19-16)14(18)10-9-13-7-5-4-6-8-13/h11-14H,4-10H2,1-3H3. The van der Waals surface area contributed by atoms with Gasteiger partial charge in [0.15, 0.2) is 0 Å². The zero-order valence-electron chi connectivity index (χ0n) is 12.5. The zero-order chi connectivity index (χ0) is 13.9. The predicted octanol–water partition coefficient (Wildman–Crippen LogP) is 6.69. The largest absolute Gasteiger partial charge is 0.143 e. The minimum absolute atomic E-state index is 0.225. The van der Waals surface area contributed by atoms with Gasteiger partial charge < -0.3 is 0 Å². The van der Waals surface area contributed by atoms with Gasteiger partial charge >= 0.3 is 0 Å². The van der Waals surface area contributed by atoms with Crippen LogP contribution in [0.3, 0.4) is 0 Å². The smallest absolute Gasteiger partial charge is 0.0678 e. The van der Waals surface area contributed by atoms with E-state index in [2.05, 4.69) is 32.9 Å². The van der Waals surface area contributed by atoms with Crippen LogP contribution in [0.25, 0.3) is 0 Å². The molecule has 0 aliphatic heterocycles. The van der Waals surface area contributed by atoms with Gasteiger partial charge in [-0.1, -0.05) is 52.9 Å². The molecular formula is C17H27ClS. The molecule has 1 heterocycles. The number of alkyl halides is 1. The van der Waals surface area contributed by atoms with E-state index in [0.29, 0.717) is 0 Å². The third kappa shape index (κ3) is 4.49. The van der Waals surface area contributed by atoms with E-state index < -0.39 is 0 Å². The minimum atomic E-state index is 0.225. The van der Waals surface area contributed by atoms with Gasteiger partial charge in [-0.3, -0.25) is 0 Å². The Bertz CT molecular complexity index is 382. The number of rotatable bonds is 4. The molecule has 1 saturated carbocycles. The Hall–Kier alpha value is -0.0100. The van der Waals surface area contributed by atoms with Crippen molar-refractivity contribution in [3.63, 3.8) is 0 Å². The summed E-state index contributed by atoms with van der Waals surface area (Å²) in [7, 11) is 0. The third-order valence-corrected chi connectivity index (χ3v) is 6.44. The van der Waals surface area contributed by atoms with Gasteiger partial charge in [-0.25, -0.2) is 0 Å². The summed E-state index contributed by atoms with van der Waals surface area (Å²) in [5.74, 6) is 0.942. The molecule has 1 aromatic heterocycles. The Labute approximate surface area is 127 Å². The lowest BCUT2D eigenvalue weighted by atomic mass is 9.86. The molecule has 1 fully saturated rings. The summed E-state index contributed by atoms with van der Waals surface area (Å²) in [6, 6.07) is 4.50. The van der Waals surface area contributed by atoms with Crippen LogP contribution in [0.5, 0.6) is 0 Å². The van der Waals surface area contributed by atoms with E-state index in [0.717, 1.165) is 12.3 Å². The number of thiophene rings is 1. The highest BCUT2D eigenvalue weighted by molar-refractivity contribution is 7.12. The molecule has 19 heavy (non-hydrogen) atoms. The maximum Gasteiger partial charge on any atom is 0.0678 e. The summed E-state index contributed by atoms with van der Waals surface area (Å²) in [6.07, 6.45) is 9.64. The van der Waals surface area contributed by atoms with Crippen molar-refractivity contribution in [1.29, 1.82) is 0 Å². The number of hydrogen-bond acceptors (Lipinski definition) is 1. The van der Waals surface area contributed by atoms with E-state index in [4.69, 9.17) is 11.6 Å². The van der Waals surface area contributed by atoms with Gasteiger partial charge in [0.2, 0.25) is 0 Å². The highest BCUT2D eigenvalue weighted by atomic mass is 35.5. The van der Waals surface area contributed by atoms with Crippen molar-refractivity contribution in [2.45, 2.75) is 76.5 Å². The Kier molecular flexibility index (Phi) is 5.37. The van der Waals surface area contributed by atoms with E-state index in [-0.39, 0.29) is 10.8 Å². The highest BCUT2D eigenvalue weighted by Crippen LogP contribution is 2.38. The molecule has 1 atom stereocenters. The molecule has 0 amide bonds. The van der Waals surface area contributed by atoms with Gasteiger partial charge in [0.1, 0.15) is 0 Å². The molecule has 0 spiro atoms. The first kappa shape index (κ1) is 15.4. The fraction of sp³-hybridized carbons (Fsp3) is 0.765. The Morgan fingerprint density at radius 3 is 2.47 bits per heavy atom. The molecule has 0 bridgehead atoms. The molecule has 1 aliphatic carbocycles. The first-order valence-electron chi connectivity index (χ1n) is 7.71. The van der Waals surface area contributed by atoms with Crippen molar-refractivity contribution in [3.8, 4) is 0 Å². The molecule has 0 nitrogen and oxygen atoms in total. The van der Waals surface area contributed by atoms with E-state index in [1.165, 1.54) is 48.3 Å². The lowest BCUT2D eigenvalue weighted by molar-refractivity contribution is 0.331. The van der Waals surface area contributed by atoms with Gasteiger partial charge in [-0.2, -0.15) is 0 Å². The first-order valence-corrected chi connectivity index (χ1v) is 8.96. The van der Waals surface area contributed by atoms with Crippen molar-refractivity contribution in [1.82, 2.24) is 0 Å². The van der Waals surface area contributed by atoms with Crippen LogP contribution < -0.4 is 0 Å². The topological polar surface area (TPSA) is 0 Å². The van der Waals surface area contributed by atoms with Gasteiger partial charge in [0.25, 0.3) is 0 Å². The molecule has 1 aromatic rings. The fourth-order valence-corrected chi connectivity index (χ4v) is 4.33. The van der Waals surface area contributed by atoms with E-state index in [1.54, 1.807) is 0 Å². The third-order valence-electron chi connectivity index (χ3n) is 4.23. The Morgan fingerprint density at radius 1 is 1.21 bits per heavy atom. The van der Waals surface area contributed by atoms with Crippen LogP contribution in [0.15, 0.2) is 12.1 Å². The van der Waals surface area contributed by atoms with Crippen molar-refractivity contribution in [2.75, 3.05) is 0 Å². The number of hydrogen-bond donors (Lipinski definition) is 0. The van der Waals surface area contributed by atoms with Crippen LogP contribution >= 0.6 is 22.9 Å². The van der Waals surface area contributed by atoms with Crippen LogP contribution in [0.4, 0.5) is 0 Å². The maximum absolute atomic E-state index is 6.60. The van der Waals surface area contributed by atoms with E-state index in [1.807, 2.05) is 11.3 Å². The second kappa shape index (κ2) is 6.63. The van der Waals surface area contributed by atoms with Gasteiger partial charge in [-0.05, 0) is 36.3 Å². The van der Waals surface area contributed by atoms with Crippen molar-refractivity contribution in [3.05, 3.63) is 21.9 Å². The molecule has 0 aromatic carbocycles. The maximum atomic E-state index is 6.60. The van der Waals surface area contributed by atoms with Crippen LogP contribution in [-0.4, -0.2) is 0 Å². The van der Waals surface area contributed by atoms with Gasteiger partial charge in [-0.15, -0.1) is 22.9 Å². The van der Waals surface area contributed by atoms with Crippen LogP contribution in [0.2, 0.25) is 0 Å². The zero-order valence-corrected chi connectivity index (χ0v) is 14.1. The molecule has 0 N–H and O–H groups in total. The molecule has 0 radical (unpaired) electrons. The second-order valence-corrected chi connectivity index (χ2v) is 8.64. The van der Waals surface area contributed by atoms with E-state index in [9.17, 15) is 0 Å². The highest BCUT2D eigenvalue weighted by Gasteiger charge is 2.20. The summed E-state index contributed by atoms with van der Waals surface area (Å²) >= 11 is 8.50. The van der Waals surface area contributed by atoms with Crippen molar-refractivity contribution < 1.29 is 0 Å². The summed E-state index contributed by atoms with van der Waals surface area (Å²) < 4.78 is 0. The number of halogens is 1. The quantitative estimate of drug-likeness (QED) is 0.543. The molecular weight excluding hydrogens is 272 g/mol. The van der Waals surface area contributed by atoms with E-state index >= 15 is 0 Å². The summed E-state index contributed by atoms with van der Waals surface area (Å²) in [6.45, 7) is 6.82. The average Bonchev–Trinajstić information content (AvgIpc) is 2.87. The predicted molar refractivity (Wildman–Crippen MR) is 87.4 cm³/mol. The van der Waals surface area contributed by atoms with Crippen molar-refractivity contribution in [2.24, 2.45) is 5.92 Å². The molecule has 2 heteroatoms. The molecule has 2 rings (SSSR count). The Balaban J connectivity index is 1.85. The van der Waals surface area contributed by atoms with Gasteiger partial charge in [0.05, 0.1) is 5.38 Å². The fourth-order valence-electron chi connectivity index (χ4n) is 2.92. The lowest BCUT2D eigenvalue weighted by Crippen LogP contribution is -2.08. The lowest BCUT2D eigenvalue weighted by Gasteiger charge is -2.22. The molecule has 0 saturated heterocycles.